The highest BCUT2D eigenvalue weighted by Gasteiger charge is 2.18. The van der Waals surface area contributed by atoms with Crippen LogP contribution in [0.3, 0.4) is 0 Å². The van der Waals surface area contributed by atoms with Crippen molar-refractivity contribution in [3.05, 3.63) is 53.6 Å². The van der Waals surface area contributed by atoms with Crippen LogP contribution >= 0.6 is 0 Å². The second kappa shape index (κ2) is 5.84. The van der Waals surface area contributed by atoms with E-state index in [1.807, 2.05) is 24.3 Å². The number of halogens is 2. The summed E-state index contributed by atoms with van der Waals surface area (Å²) in [5.74, 6) is -1.24. The molecule has 1 nitrogen and oxygen atoms in total. The zero-order valence-corrected chi connectivity index (χ0v) is 12.0. The van der Waals surface area contributed by atoms with E-state index < -0.39 is 11.6 Å². The summed E-state index contributed by atoms with van der Waals surface area (Å²) in [6.45, 7) is 0. The molecule has 1 fully saturated rings. The standard InChI is InChI=1S/C18H18F2O/c1-21-16-11-10-15(17(19)18(16)20)14-8-6-13(7-9-14)12-4-2-3-5-12/h6-12H,2-5H2,1H3. The zero-order valence-electron chi connectivity index (χ0n) is 12.0. The summed E-state index contributed by atoms with van der Waals surface area (Å²) in [7, 11) is 1.33. The van der Waals surface area contributed by atoms with Gasteiger partial charge in [-0.2, -0.15) is 4.39 Å². The van der Waals surface area contributed by atoms with Crippen LogP contribution in [0, 0.1) is 11.6 Å². The molecule has 2 aromatic carbocycles. The van der Waals surface area contributed by atoms with Gasteiger partial charge in [-0.1, -0.05) is 37.1 Å². The van der Waals surface area contributed by atoms with Gasteiger partial charge in [-0.05, 0) is 42.0 Å². The predicted molar refractivity (Wildman–Crippen MR) is 79.6 cm³/mol. The zero-order chi connectivity index (χ0) is 14.8. The minimum absolute atomic E-state index is 0.0705. The molecule has 0 heterocycles. The number of methoxy groups -OCH3 is 1. The van der Waals surface area contributed by atoms with Crippen LogP contribution in [0.15, 0.2) is 36.4 Å². The van der Waals surface area contributed by atoms with E-state index in [1.165, 1.54) is 44.4 Å². The SMILES string of the molecule is COc1ccc(-c2ccc(C3CCCC3)cc2)c(F)c1F. The molecule has 1 aliphatic rings. The molecule has 0 amide bonds. The van der Waals surface area contributed by atoms with E-state index in [-0.39, 0.29) is 11.3 Å². The number of hydrogen-bond acceptors (Lipinski definition) is 1. The number of ether oxygens (including phenoxy) is 1. The normalized spacial score (nSPS) is 15.4. The summed E-state index contributed by atoms with van der Waals surface area (Å²) in [6, 6.07) is 10.8. The first-order chi connectivity index (χ1) is 10.2. The first kappa shape index (κ1) is 14.1. The fourth-order valence-electron chi connectivity index (χ4n) is 3.11. The van der Waals surface area contributed by atoms with Gasteiger partial charge >= 0.3 is 0 Å². The van der Waals surface area contributed by atoms with Crippen LogP contribution in [0.1, 0.15) is 37.2 Å². The van der Waals surface area contributed by atoms with E-state index in [0.717, 1.165) is 0 Å². The van der Waals surface area contributed by atoms with Crippen molar-refractivity contribution in [2.75, 3.05) is 7.11 Å². The van der Waals surface area contributed by atoms with Crippen molar-refractivity contribution in [2.45, 2.75) is 31.6 Å². The lowest BCUT2D eigenvalue weighted by molar-refractivity contribution is 0.372. The van der Waals surface area contributed by atoms with E-state index in [2.05, 4.69) is 0 Å². The Bertz CT molecular complexity index is 628. The van der Waals surface area contributed by atoms with Crippen molar-refractivity contribution in [3.8, 4) is 16.9 Å². The van der Waals surface area contributed by atoms with E-state index in [9.17, 15) is 8.78 Å². The molecule has 3 rings (SSSR count). The van der Waals surface area contributed by atoms with E-state index >= 15 is 0 Å². The van der Waals surface area contributed by atoms with Gasteiger partial charge < -0.3 is 4.74 Å². The molecule has 0 atom stereocenters. The van der Waals surface area contributed by atoms with Gasteiger partial charge in [0.25, 0.3) is 0 Å². The molecule has 0 aromatic heterocycles. The summed E-state index contributed by atoms with van der Waals surface area (Å²) < 4.78 is 32.6. The largest absolute Gasteiger partial charge is 0.494 e. The maximum atomic E-state index is 14.1. The Morgan fingerprint density at radius 1 is 0.905 bits per heavy atom. The van der Waals surface area contributed by atoms with Crippen LogP contribution in [-0.4, -0.2) is 7.11 Å². The molecule has 3 heteroatoms. The average molecular weight is 288 g/mol. The van der Waals surface area contributed by atoms with Crippen molar-refractivity contribution in [3.63, 3.8) is 0 Å². The Labute approximate surface area is 123 Å². The molecule has 0 radical (unpaired) electrons. The molecule has 2 aromatic rings. The van der Waals surface area contributed by atoms with Gasteiger partial charge in [-0.3, -0.25) is 0 Å². The lowest BCUT2D eigenvalue weighted by Gasteiger charge is -2.11. The van der Waals surface area contributed by atoms with Crippen molar-refractivity contribution >= 4 is 0 Å². The van der Waals surface area contributed by atoms with Gasteiger partial charge in [0, 0.05) is 5.56 Å². The lowest BCUT2D eigenvalue weighted by atomic mass is 9.95. The number of benzene rings is 2. The van der Waals surface area contributed by atoms with Gasteiger partial charge in [-0.15, -0.1) is 0 Å². The topological polar surface area (TPSA) is 9.23 Å². The van der Waals surface area contributed by atoms with E-state index in [0.29, 0.717) is 11.5 Å². The summed E-state index contributed by atoms with van der Waals surface area (Å²) in [5, 5.41) is 0. The quantitative estimate of drug-likeness (QED) is 0.745. The van der Waals surface area contributed by atoms with Crippen LogP contribution in [0.5, 0.6) is 5.75 Å². The van der Waals surface area contributed by atoms with Crippen LogP contribution in [0.2, 0.25) is 0 Å². The Balaban J connectivity index is 1.92. The molecule has 0 saturated heterocycles. The van der Waals surface area contributed by atoms with Gasteiger partial charge in [0.1, 0.15) is 0 Å². The van der Waals surface area contributed by atoms with Gasteiger partial charge in [-0.25, -0.2) is 4.39 Å². The Morgan fingerprint density at radius 3 is 2.19 bits per heavy atom. The highest BCUT2D eigenvalue weighted by molar-refractivity contribution is 5.65. The fourth-order valence-corrected chi connectivity index (χ4v) is 3.11. The second-order valence-corrected chi connectivity index (χ2v) is 5.55. The average Bonchev–Trinajstić information content (AvgIpc) is 3.05. The second-order valence-electron chi connectivity index (χ2n) is 5.55. The van der Waals surface area contributed by atoms with Crippen LogP contribution in [-0.2, 0) is 0 Å². The van der Waals surface area contributed by atoms with Crippen molar-refractivity contribution < 1.29 is 13.5 Å². The van der Waals surface area contributed by atoms with Gasteiger partial charge in [0.05, 0.1) is 7.11 Å². The van der Waals surface area contributed by atoms with Crippen LogP contribution < -0.4 is 4.74 Å². The van der Waals surface area contributed by atoms with Crippen LogP contribution in [0.25, 0.3) is 11.1 Å². The highest BCUT2D eigenvalue weighted by atomic mass is 19.2. The smallest absolute Gasteiger partial charge is 0.201 e. The molecule has 0 N–H and O–H groups in total. The molecular formula is C18H18F2O. The molecule has 1 saturated carbocycles. The summed E-state index contributed by atoms with van der Waals surface area (Å²) in [4.78, 5) is 0. The summed E-state index contributed by atoms with van der Waals surface area (Å²) in [5.41, 5.74) is 2.26. The Morgan fingerprint density at radius 2 is 1.57 bits per heavy atom. The Kier molecular flexibility index (Phi) is 3.91. The number of rotatable bonds is 3. The van der Waals surface area contributed by atoms with Crippen molar-refractivity contribution in [1.29, 1.82) is 0 Å². The minimum Gasteiger partial charge on any atom is -0.494 e. The predicted octanol–water partition coefficient (Wildman–Crippen LogP) is 5.30. The molecular weight excluding hydrogens is 270 g/mol. The van der Waals surface area contributed by atoms with E-state index in [4.69, 9.17) is 4.74 Å². The van der Waals surface area contributed by atoms with Gasteiger partial charge in [0.2, 0.25) is 5.82 Å². The summed E-state index contributed by atoms with van der Waals surface area (Å²) >= 11 is 0. The first-order valence-corrected chi connectivity index (χ1v) is 7.33. The van der Waals surface area contributed by atoms with Crippen LogP contribution in [0.4, 0.5) is 8.78 Å². The molecule has 0 bridgehead atoms. The maximum absolute atomic E-state index is 14.1. The lowest BCUT2D eigenvalue weighted by Crippen LogP contribution is -1.96. The first-order valence-electron chi connectivity index (χ1n) is 7.33. The molecule has 110 valence electrons. The highest BCUT2D eigenvalue weighted by Crippen LogP contribution is 2.35. The molecule has 1 aliphatic carbocycles. The van der Waals surface area contributed by atoms with Gasteiger partial charge in [0.15, 0.2) is 11.6 Å². The summed E-state index contributed by atoms with van der Waals surface area (Å²) in [6.07, 6.45) is 5.02. The van der Waals surface area contributed by atoms with Crippen molar-refractivity contribution in [1.82, 2.24) is 0 Å². The fraction of sp³-hybridized carbons (Fsp3) is 0.333. The minimum atomic E-state index is -0.935. The third-order valence-corrected chi connectivity index (χ3v) is 4.32. The maximum Gasteiger partial charge on any atom is 0.201 e. The molecule has 0 unspecified atom stereocenters. The monoisotopic (exact) mass is 288 g/mol. The third kappa shape index (κ3) is 2.65. The number of hydrogen-bond donors (Lipinski definition) is 0. The molecule has 0 aliphatic heterocycles. The molecule has 0 spiro atoms. The third-order valence-electron chi connectivity index (χ3n) is 4.32. The molecule has 21 heavy (non-hydrogen) atoms. The van der Waals surface area contributed by atoms with E-state index in [1.54, 1.807) is 6.07 Å². The van der Waals surface area contributed by atoms with Crippen molar-refractivity contribution in [2.24, 2.45) is 0 Å². The Hall–Kier alpha value is -1.90.